The quantitative estimate of drug-likeness (QED) is 0.339. The predicted octanol–water partition coefficient (Wildman–Crippen LogP) is 1.31. The molecule has 1 fully saturated rings. The van der Waals surface area contributed by atoms with Gasteiger partial charge in [0.2, 0.25) is 0 Å². The Bertz CT molecular complexity index is 1180. The number of H-pyrrole nitrogens is 1. The van der Waals surface area contributed by atoms with Crippen LogP contribution in [-0.4, -0.2) is 51.3 Å². The van der Waals surface area contributed by atoms with Crippen molar-refractivity contribution in [3.63, 3.8) is 0 Å². The molecule has 0 radical (unpaired) electrons. The van der Waals surface area contributed by atoms with Gasteiger partial charge < -0.3 is 18.9 Å². The maximum Gasteiger partial charge on any atom is 0.330 e. The molecule has 2 heterocycles. The van der Waals surface area contributed by atoms with Crippen molar-refractivity contribution in [3.8, 4) is 5.75 Å². The average molecular weight is 496 g/mol. The molecule has 3 rings (SSSR count). The number of hydrogen-bond donors (Lipinski definition) is 1. The Balaban J connectivity index is 1.91. The Hall–Kier alpha value is -3.45. The normalized spacial score (nSPS) is 22.6. The molecule has 1 unspecified atom stereocenters. The van der Waals surface area contributed by atoms with E-state index in [1.54, 1.807) is 0 Å². The zero-order chi connectivity index (χ0) is 25.0. The second-order valence-corrected chi connectivity index (χ2v) is 8.35. The third-order valence-corrected chi connectivity index (χ3v) is 5.58. The van der Waals surface area contributed by atoms with E-state index in [1.165, 1.54) is 31.2 Å². The van der Waals surface area contributed by atoms with E-state index in [9.17, 15) is 24.0 Å². The molecular formula is C21H21FN2O9S. The highest BCUT2D eigenvalue weighted by molar-refractivity contribution is 7.99. The molecule has 1 aliphatic heterocycles. The monoisotopic (exact) mass is 496 g/mol. The van der Waals surface area contributed by atoms with Crippen molar-refractivity contribution in [2.24, 2.45) is 0 Å². The van der Waals surface area contributed by atoms with Crippen molar-refractivity contribution in [1.29, 1.82) is 0 Å². The van der Waals surface area contributed by atoms with Crippen molar-refractivity contribution in [2.75, 3.05) is 0 Å². The number of nitrogens with zero attached hydrogens (tertiary/aromatic N) is 1. The molecule has 5 atom stereocenters. The van der Waals surface area contributed by atoms with E-state index in [-0.39, 0.29) is 5.75 Å². The topological polar surface area (TPSA) is 143 Å². The SMILES string of the molecule is CC(=O)Oc1ccc(SC(F)[C@H]2O[C@@H](n3ccc(=O)[nH]c3=O)[C@H](OC(C)=O)[C@@H]2OC(C)=O)cc1. The summed E-state index contributed by atoms with van der Waals surface area (Å²) in [6, 6.07) is 7.01. The first-order valence-electron chi connectivity index (χ1n) is 9.95. The Morgan fingerprint density at radius 2 is 1.62 bits per heavy atom. The van der Waals surface area contributed by atoms with Crippen LogP contribution in [0.4, 0.5) is 4.39 Å². The fourth-order valence-electron chi connectivity index (χ4n) is 3.32. The van der Waals surface area contributed by atoms with Crippen LogP contribution >= 0.6 is 11.8 Å². The number of esters is 3. The lowest BCUT2D eigenvalue weighted by molar-refractivity contribution is -0.165. The van der Waals surface area contributed by atoms with Gasteiger partial charge in [0.15, 0.2) is 23.9 Å². The first-order valence-corrected chi connectivity index (χ1v) is 10.8. The lowest BCUT2D eigenvalue weighted by atomic mass is 10.1. The van der Waals surface area contributed by atoms with E-state index < -0.39 is 59.2 Å². The van der Waals surface area contributed by atoms with E-state index in [0.29, 0.717) is 16.7 Å². The van der Waals surface area contributed by atoms with Gasteiger partial charge in [0.05, 0.1) is 0 Å². The zero-order valence-corrected chi connectivity index (χ0v) is 19.1. The first-order chi connectivity index (χ1) is 16.0. The third kappa shape index (κ3) is 6.11. The molecule has 13 heteroatoms. The molecular weight excluding hydrogens is 475 g/mol. The number of hydrogen-bond acceptors (Lipinski definition) is 10. The Kier molecular flexibility index (Phi) is 7.89. The molecule has 2 aromatic rings. The van der Waals surface area contributed by atoms with Crippen molar-refractivity contribution in [3.05, 3.63) is 57.4 Å². The number of alkyl halides is 1. The highest BCUT2D eigenvalue weighted by Gasteiger charge is 2.53. The molecule has 1 saturated heterocycles. The third-order valence-electron chi connectivity index (χ3n) is 4.55. The highest BCUT2D eigenvalue weighted by atomic mass is 32.2. The van der Waals surface area contributed by atoms with Gasteiger partial charge in [-0.2, -0.15) is 0 Å². The molecule has 1 aromatic carbocycles. The second-order valence-electron chi connectivity index (χ2n) is 7.19. The summed E-state index contributed by atoms with van der Waals surface area (Å²) in [6.07, 6.45) is -4.50. The summed E-state index contributed by atoms with van der Waals surface area (Å²) in [7, 11) is 0. The Morgan fingerprint density at radius 1 is 1.00 bits per heavy atom. The van der Waals surface area contributed by atoms with E-state index in [2.05, 4.69) is 0 Å². The van der Waals surface area contributed by atoms with Gasteiger partial charge in [-0.05, 0) is 24.3 Å². The van der Waals surface area contributed by atoms with Gasteiger partial charge in [0.25, 0.3) is 5.56 Å². The first kappa shape index (κ1) is 25.2. The smallest absolute Gasteiger partial charge is 0.330 e. The lowest BCUT2D eigenvalue weighted by Crippen LogP contribution is -2.43. The van der Waals surface area contributed by atoms with Crippen LogP contribution in [0.3, 0.4) is 0 Å². The molecule has 0 saturated carbocycles. The number of nitrogens with one attached hydrogen (secondary N) is 1. The van der Waals surface area contributed by atoms with Crippen LogP contribution < -0.4 is 16.0 Å². The van der Waals surface area contributed by atoms with Gasteiger partial charge in [-0.1, -0.05) is 11.8 Å². The second kappa shape index (κ2) is 10.7. The zero-order valence-electron chi connectivity index (χ0n) is 18.3. The minimum atomic E-state index is -1.84. The van der Waals surface area contributed by atoms with E-state index in [0.717, 1.165) is 30.7 Å². The van der Waals surface area contributed by atoms with Crippen molar-refractivity contribution in [1.82, 2.24) is 9.55 Å². The average Bonchev–Trinajstić information content (AvgIpc) is 3.06. The maximum absolute atomic E-state index is 15.4. The molecule has 182 valence electrons. The summed E-state index contributed by atoms with van der Waals surface area (Å²) in [5.74, 6) is -1.80. The largest absolute Gasteiger partial charge is 0.455 e. The number of carbonyl (C=O) groups excluding carboxylic acids is 3. The molecule has 11 nitrogen and oxygen atoms in total. The number of carbonyl (C=O) groups is 3. The van der Waals surface area contributed by atoms with Crippen molar-refractivity contribution >= 4 is 29.7 Å². The predicted molar refractivity (Wildman–Crippen MR) is 115 cm³/mol. The van der Waals surface area contributed by atoms with Crippen LogP contribution in [0.25, 0.3) is 0 Å². The van der Waals surface area contributed by atoms with Crippen molar-refractivity contribution in [2.45, 2.75) is 55.7 Å². The standard InChI is InChI=1S/C21H21FN2O9S/c1-10(25)30-13-4-6-14(7-5-13)34-19(22)17-16(31-11(2)26)18(32-12(3)27)20(33-17)24-9-8-15(28)23-21(24)29/h4-9,16-20H,1-3H3,(H,23,28,29)/t16-,17+,18-,19?,20-/m1/s1. The van der Waals surface area contributed by atoms with Gasteiger partial charge in [-0.15, -0.1) is 0 Å². The molecule has 0 aliphatic carbocycles. The van der Waals surface area contributed by atoms with E-state index in [4.69, 9.17) is 18.9 Å². The minimum absolute atomic E-state index is 0.273. The number of rotatable bonds is 7. The number of benzene rings is 1. The van der Waals surface area contributed by atoms with Crippen LogP contribution in [0, 0.1) is 0 Å². The van der Waals surface area contributed by atoms with Gasteiger partial charge in [-0.25, -0.2) is 9.18 Å². The van der Waals surface area contributed by atoms with Gasteiger partial charge >= 0.3 is 23.6 Å². The van der Waals surface area contributed by atoms with Crippen LogP contribution in [0.5, 0.6) is 5.75 Å². The number of aromatic amines is 1. The minimum Gasteiger partial charge on any atom is -0.455 e. The molecule has 1 N–H and O–H groups in total. The summed E-state index contributed by atoms with van der Waals surface area (Å²) in [5.41, 5.74) is -3.40. The molecule has 0 spiro atoms. The number of halogens is 1. The highest BCUT2D eigenvalue weighted by Crippen LogP contribution is 2.40. The Morgan fingerprint density at radius 3 is 2.18 bits per heavy atom. The maximum atomic E-state index is 15.4. The van der Waals surface area contributed by atoms with E-state index in [1.807, 2.05) is 4.98 Å². The summed E-state index contributed by atoms with van der Waals surface area (Å²) in [4.78, 5) is 60.7. The number of thioether (sulfide) groups is 1. The molecule has 0 amide bonds. The van der Waals surface area contributed by atoms with E-state index >= 15 is 4.39 Å². The number of aromatic nitrogens is 2. The lowest BCUT2D eigenvalue weighted by Gasteiger charge is -2.24. The van der Waals surface area contributed by atoms with Crippen LogP contribution in [0.2, 0.25) is 0 Å². The van der Waals surface area contributed by atoms with Gasteiger partial charge in [-0.3, -0.25) is 28.7 Å². The fourth-order valence-corrected chi connectivity index (χ4v) is 4.23. The summed E-state index contributed by atoms with van der Waals surface area (Å²) in [6.45, 7) is 3.43. The molecule has 0 bridgehead atoms. The van der Waals surface area contributed by atoms with Crippen molar-refractivity contribution < 1.29 is 37.7 Å². The summed E-state index contributed by atoms with van der Waals surface area (Å²) >= 11 is 0.715. The van der Waals surface area contributed by atoms with Crippen LogP contribution in [-0.2, 0) is 28.6 Å². The van der Waals surface area contributed by atoms with Gasteiger partial charge in [0, 0.05) is 37.9 Å². The molecule has 1 aromatic heterocycles. The van der Waals surface area contributed by atoms with Crippen LogP contribution in [0.15, 0.2) is 51.0 Å². The van der Waals surface area contributed by atoms with Crippen LogP contribution in [0.1, 0.15) is 27.0 Å². The molecule has 34 heavy (non-hydrogen) atoms. The molecule has 1 aliphatic rings. The number of ether oxygens (including phenoxy) is 4. The van der Waals surface area contributed by atoms with Gasteiger partial charge in [0.1, 0.15) is 11.9 Å². The summed E-state index contributed by atoms with van der Waals surface area (Å²) < 4.78 is 37.5. The fraction of sp³-hybridized carbons (Fsp3) is 0.381. The summed E-state index contributed by atoms with van der Waals surface area (Å²) in [5, 5.41) is 0. The Labute approximate surface area is 196 Å².